The van der Waals surface area contributed by atoms with Crippen LogP contribution in [0.4, 0.5) is 5.00 Å². The first-order valence-electron chi connectivity index (χ1n) is 7.94. The van der Waals surface area contributed by atoms with Crippen LogP contribution >= 0.6 is 11.3 Å². The van der Waals surface area contributed by atoms with Crippen LogP contribution in [0.3, 0.4) is 0 Å². The van der Waals surface area contributed by atoms with Gasteiger partial charge in [-0.2, -0.15) is 0 Å². The Morgan fingerprint density at radius 1 is 1.12 bits per heavy atom. The van der Waals surface area contributed by atoms with Gasteiger partial charge in [-0.25, -0.2) is 9.59 Å². The lowest BCUT2D eigenvalue weighted by molar-refractivity contribution is -0.116. The third kappa shape index (κ3) is 5.33. The molecule has 0 saturated heterocycles. The van der Waals surface area contributed by atoms with Crippen LogP contribution in [0.5, 0.6) is 0 Å². The van der Waals surface area contributed by atoms with Gasteiger partial charge in [0.2, 0.25) is 5.91 Å². The minimum absolute atomic E-state index is 0.207. The summed E-state index contributed by atoms with van der Waals surface area (Å²) in [6.07, 6.45) is 1.02. The fraction of sp³-hybridized carbons (Fsp3) is 0.588. The topological polar surface area (TPSA) is 81.7 Å². The molecule has 1 aromatic heterocycles. The number of anilines is 1. The molecule has 0 aromatic carbocycles. The van der Waals surface area contributed by atoms with Gasteiger partial charge in [0.15, 0.2) is 0 Å². The molecule has 0 fully saturated rings. The largest absolute Gasteiger partial charge is 0.462 e. The lowest BCUT2D eigenvalue weighted by Gasteiger charge is -2.19. The van der Waals surface area contributed by atoms with Crippen molar-refractivity contribution >= 4 is 34.2 Å². The molecule has 0 radical (unpaired) electrons. The summed E-state index contributed by atoms with van der Waals surface area (Å²) >= 11 is 1.04. The molecule has 1 aromatic rings. The van der Waals surface area contributed by atoms with Crippen molar-refractivity contribution in [3.05, 3.63) is 16.0 Å². The number of hydrogen-bond acceptors (Lipinski definition) is 6. The van der Waals surface area contributed by atoms with E-state index in [0.717, 1.165) is 11.3 Å². The van der Waals surface area contributed by atoms with Crippen molar-refractivity contribution in [3.8, 4) is 0 Å². The van der Waals surface area contributed by atoms with E-state index in [9.17, 15) is 14.4 Å². The number of rotatable bonds is 6. The van der Waals surface area contributed by atoms with Crippen molar-refractivity contribution in [1.82, 2.24) is 0 Å². The molecule has 0 saturated carbocycles. The number of carbonyl (C=O) groups excluding carboxylic acids is 3. The Kier molecular flexibility index (Phi) is 6.95. The molecular weight excluding hydrogens is 330 g/mol. The van der Waals surface area contributed by atoms with Gasteiger partial charge in [-0.05, 0) is 46.6 Å². The Bertz CT molecular complexity index is 628. The molecular formula is C17H25NO5S. The number of amides is 1. The highest BCUT2D eigenvalue weighted by Gasteiger charge is 2.29. The summed E-state index contributed by atoms with van der Waals surface area (Å²) in [5.41, 5.74) is 0.0233. The lowest BCUT2D eigenvalue weighted by Crippen LogP contribution is -2.23. The molecule has 0 atom stereocenters. The van der Waals surface area contributed by atoms with Crippen molar-refractivity contribution in [1.29, 1.82) is 0 Å². The summed E-state index contributed by atoms with van der Waals surface area (Å²) in [6, 6.07) is 0. The Morgan fingerprint density at radius 2 is 1.75 bits per heavy atom. The second-order valence-electron chi connectivity index (χ2n) is 6.28. The van der Waals surface area contributed by atoms with Crippen LogP contribution in [0.2, 0.25) is 0 Å². The van der Waals surface area contributed by atoms with Crippen molar-refractivity contribution in [3.63, 3.8) is 0 Å². The van der Waals surface area contributed by atoms with Gasteiger partial charge in [-0.3, -0.25) is 4.79 Å². The maximum Gasteiger partial charge on any atom is 0.349 e. The molecule has 0 aliphatic carbocycles. The SMILES string of the molecule is CCCC(=O)Nc1sc(C(=O)OC(C)(C)C)c(C)c1C(=O)OCC. The molecule has 1 N–H and O–H groups in total. The van der Waals surface area contributed by atoms with Gasteiger partial charge in [0.25, 0.3) is 0 Å². The zero-order chi connectivity index (χ0) is 18.5. The first-order valence-corrected chi connectivity index (χ1v) is 8.76. The van der Waals surface area contributed by atoms with Crippen molar-refractivity contribution in [2.24, 2.45) is 0 Å². The van der Waals surface area contributed by atoms with Gasteiger partial charge < -0.3 is 14.8 Å². The number of nitrogens with one attached hydrogen (secondary N) is 1. The Labute approximate surface area is 146 Å². The Balaban J connectivity index is 3.25. The summed E-state index contributed by atoms with van der Waals surface area (Å²) in [5, 5.41) is 3.02. The van der Waals surface area contributed by atoms with Crippen LogP contribution in [0.1, 0.15) is 73.1 Å². The number of esters is 2. The third-order valence-electron chi connectivity index (χ3n) is 2.94. The number of thiophene rings is 1. The van der Waals surface area contributed by atoms with E-state index < -0.39 is 17.5 Å². The summed E-state index contributed by atoms with van der Waals surface area (Å²) in [7, 11) is 0. The van der Waals surface area contributed by atoms with Crippen LogP contribution < -0.4 is 5.32 Å². The summed E-state index contributed by atoms with van der Waals surface area (Å²) < 4.78 is 10.4. The van der Waals surface area contributed by atoms with E-state index >= 15 is 0 Å². The van der Waals surface area contributed by atoms with Crippen LogP contribution in [-0.2, 0) is 14.3 Å². The van der Waals surface area contributed by atoms with Crippen molar-refractivity contribution < 1.29 is 23.9 Å². The average molecular weight is 355 g/mol. The van der Waals surface area contributed by atoms with Gasteiger partial charge in [-0.1, -0.05) is 6.92 Å². The molecule has 134 valence electrons. The zero-order valence-corrected chi connectivity index (χ0v) is 15.9. The van der Waals surface area contributed by atoms with Crippen molar-refractivity contribution in [2.75, 3.05) is 11.9 Å². The van der Waals surface area contributed by atoms with Crippen LogP contribution in [0, 0.1) is 6.92 Å². The number of hydrogen-bond donors (Lipinski definition) is 1. The molecule has 0 aliphatic heterocycles. The molecule has 1 rings (SSSR count). The molecule has 7 heteroatoms. The van der Waals surface area contributed by atoms with E-state index in [1.807, 2.05) is 6.92 Å². The summed E-state index contributed by atoms with van der Waals surface area (Å²) in [4.78, 5) is 36.8. The molecule has 24 heavy (non-hydrogen) atoms. The van der Waals surface area contributed by atoms with Gasteiger partial charge in [0.05, 0.1) is 12.2 Å². The number of carbonyl (C=O) groups is 3. The molecule has 0 bridgehead atoms. The van der Waals surface area contributed by atoms with Crippen LogP contribution in [0.15, 0.2) is 0 Å². The first kappa shape index (κ1) is 20.2. The van der Waals surface area contributed by atoms with E-state index in [2.05, 4.69) is 5.32 Å². The minimum atomic E-state index is -0.650. The minimum Gasteiger partial charge on any atom is -0.462 e. The zero-order valence-electron chi connectivity index (χ0n) is 15.1. The second kappa shape index (κ2) is 8.28. The standard InChI is InChI=1S/C17H25NO5S/c1-7-9-11(19)18-14-12(15(20)22-8-2)10(3)13(24-14)16(21)23-17(4,5)6/h7-9H2,1-6H3,(H,18,19). The predicted octanol–water partition coefficient (Wildman–Crippen LogP) is 3.93. The fourth-order valence-corrected chi connectivity index (χ4v) is 3.07. The molecule has 6 nitrogen and oxygen atoms in total. The molecule has 0 aliphatic rings. The average Bonchev–Trinajstić information content (AvgIpc) is 2.74. The third-order valence-corrected chi connectivity index (χ3v) is 4.13. The highest BCUT2D eigenvalue weighted by molar-refractivity contribution is 7.18. The Hall–Kier alpha value is -1.89. The normalized spacial score (nSPS) is 11.1. The monoisotopic (exact) mass is 355 g/mol. The summed E-state index contributed by atoms with van der Waals surface area (Å²) in [6.45, 7) is 10.7. The van der Waals surface area contributed by atoms with Crippen LogP contribution in [-0.4, -0.2) is 30.1 Å². The Morgan fingerprint density at radius 3 is 2.25 bits per heavy atom. The second-order valence-corrected chi connectivity index (χ2v) is 7.30. The maximum atomic E-state index is 12.4. The molecule has 1 heterocycles. The first-order chi connectivity index (χ1) is 11.1. The van der Waals surface area contributed by atoms with Gasteiger partial charge >= 0.3 is 11.9 Å². The molecule has 0 spiro atoms. The number of ether oxygens (including phenoxy) is 2. The van der Waals surface area contributed by atoms with E-state index in [0.29, 0.717) is 28.3 Å². The molecule has 1 amide bonds. The lowest BCUT2D eigenvalue weighted by atomic mass is 10.1. The predicted molar refractivity (Wildman–Crippen MR) is 93.7 cm³/mol. The van der Waals surface area contributed by atoms with E-state index in [1.165, 1.54) is 0 Å². The fourth-order valence-electron chi connectivity index (χ4n) is 1.99. The summed E-state index contributed by atoms with van der Waals surface area (Å²) in [5.74, 6) is -1.29. The van der Waals surface area contributed by atoms with Gasteiger partial charge in [-0.15, -0.1) is 11.3 Å². The van der Waals surface area contributed by atoms with E-state index in [4.69, 9.17) is 9.47 Å². The van der Waals surface area contributed by atoms with E-state index in [1.54, 1.807) is 34.6 Å². The molecule has 0 unspecified atom stereocenters. The van der Waals surface area contributed by atoms with E-state index in [-0.39, 0.29) is 18.1 Å². The highest BCUT2D eigenvalue weighted by atomic mass is 32.1. The van der Waals surface area contributed by atoms with Gasteiger partial charge in [0.1, 0.15) is 15.5 Å². The highest BCUT2D eigenvalue weighted by Crippen LogP contribution is 2.35. The van der Waals surface area contributed by atoms with Crippen molar-refractivity contribution in [2.45, 2.75) is 60.0 Å². The smallest absolute Gasteiger partial charge is 0.349 e. The quantitative estimate of drug-likeness (QED) is 0.782. The van der Waals surface area contributed by atoms with Gasteiger partial charge in [0, 0.05) is 6.42 Å². The maximum absolute atomic E-state index is 12.4. The van der Waals surface area contributed by atoms with Crippen LogP contribution in [0.25, 0.3) is 0 Å².